The number of rotatable bonds is 5. The fourth-order valence-electron chi connectivity index (χ4n) is 3.25. The second-order valence-corrected chi connectivity index (χ2v) is 6.81. The SMILES string of the molecule is CCCCn1c(CN2CCN(C)CC2)nc2cc(C(F)(F)F)ccc21. The van der Waals surface area contributed by atoms with Gasteiger partial charge < -0.3 is 9.47 Å². The number of benzene rings is 1. The van der Waals surface area contributed by atoms with Crippen molar-refractivity contribution in [2.75, 3.05) is 33.2 Å². The van der Waals surface area contributed by atoms with Crippen LogP contribution in [0.1, 0.15) is 31.2 Å². The first-order valence-corrected chi connectivity index (χ1v) is 8.85. The molecule has 1 fully saturated rings. The van der Waals surface area contributed by atoms with Gasteiger partial charge in [-0.2, -0.15) is 13.2 Å². The predicted octanol–water partition coefficient (Wildman–Crippen LogP) is 3.60. The normalized spacial score (nSPS) is 17.5. The zero-order valence-corrected chi connectivity index (χ0v) is 14.8. The van der Waals surface area contributed by atoms with Crippen LogP contribution in [0.5, 0.6) is 0 Å². The summed E-state index contributed by atoms with van der Waals surface area (Å²) < 4.78 is 41.1. The fourth-order valence-corrected chi connectivity index (χ4v) is 3.25. The van der Waals surface area contributed by atoms with Gasteiger partial charge in [0.2, 0.25) is 0 Å². The van der Waals surface area contributed by atoms with Gasteiger partial charge >= 0.3 is 6.18 Å². The second kappa shape index (κ2) is 7.33. The van der Waals surface area contributed by atoms with Crippen molar-refractivity contribution < 1.29 is 13.2 Å². The maximum Gasteiger partial charge on any atom is 0.416 e. The van der Waals surface area contributed by atoms with Gasteiger partial charge in [-0.05, 0) is 31.7 Å². The number of unbranched alkanes of at least 4 members (excludes halogenated alkanes) is 1. The minimum atomic E-state index is -4.33. The molecule has 1 aromatic carbocycles. The van der Waals surface area contributed by atoms with Crippen LogP contribution < -0.4 is 0 Å². The number of halogens is 3. The van der Waals surface area contributed by atoms with Crippen molar-refractivity contribution in [3.63, 3.8) is 0 Å². The molecule has 0 radical (unpaired) electrons. The fraction of sp³-hybridized carbons (Fsp3) is 0.611. The Balaban J connectivity index is 1.91. The van der Waals surface area contributed by atoms with Gasteiger partial charge in [-0.3, -0.25) is 4.90 Å². The van der Waals surface area contributed by atoms with Gasteiger partial charge in [-0.15, -0.1) is 0 Å². The van der Waals surface area contributed by atoms with E-state index in [0.29, 0.717) is 12.1 Å². The summed E-state index contributed by atoms with van der Waals surface area (Å²) >= 11 is 0. The molecular formula is C18H25F3N4. The van der Waals surface area contributed by atoms with Crippen molar-refractivity contribution in [3.05, 3.63) is 29.6 Å². The Morgan fingerprint density at radius 2 is 1.84 bits per heavy atom. The van der Waals surface area contributed by atoms with E-state index in [4.69, 9.17) is 0 Å². The van der Waals surface area contributed by atoms with E-state index in [1.54, 1.807) is 6.07 Å². The lowest BCUT2D eigenvalue weighted by atomic mass is 10.2. The Morgan fingerprint density at radius 1 is 1.12 bits per heavy atom. The van der Waals surface area contributed by atoms with Crippen molar-refractivity contribution in [2.24, 2.45) is 0 Å². The third kappa shape index (κ3) is 4.15. The molecule has 0 amide bonds. The van der Waals surface area contributed by atoms with E-state index in [2.05, 4.69) is 33.3 Å². The molecule has 0 aliphatic carbocycles. The van der Waals surface area contributed by atoms with Crippen LogP contribution >= 0.6 is 0 Å². The summed E-state index contributed by atoms with van der Waals surface area (Å²) in [7, 11) is 2.10. The van der Waals surface area contributed by atoms with Crippen molar-refractivity contribution in [1.29, 1.82) is 0 Å². The number of aromatic nitrogens is 2. The lowest BCUT2D eigenvalue weighted by Crippen LogP contribution is -2.44. The summed E-state index contributed by atoms with van der Waals surface area (Å²) in [6.45, 7) is 7.53. The van der Waals surface area contributed by atoms with Crippen molar-refractivity contribution >= 4 is 11.0 Å². The molecular weight excluding hydrogens is 329 g/mol. The second-order valence-electron chi connectivity index (χ2n) is 6.81. The molecule has 2 aromatic rings. The number of fused-ring (bicyclic) bond motifs is 1. The predicted molar refractivity (Wildman–Crippen MR) is 92.4 cm³/mol. The summed E-state index contributed by atoms with van der Waals surface area (Å²) in [5.74, 6) is 0.868. The Hall–Kier alpha value is -1.60. The standard InChI is InChI=1S/C18H25F3N4/c1-3-4-7-25-16-6-5-14(18(19,20)21)12-15(16)22-17(25)13-24-10-8-23(2)9-11-24/h5-6,12H,3-4,7-11,13H2,1-2H3. The molecule has 25 heavy (non-hydrogen) atoms. The van der Waals surface area contributed by atoms with Gasteiger partial charge in [0.25, 0.3) is 0 Å². The van der Waals surface area contributed by atoms with Gasteiger partial charge in [0, 0.05) is 32.7 Å². The van der Waals surface area contributed by atoms with Crippen LogP contribution in [-0.2, 0) is 19.3 Å². The van der Waals surface area contributed by atoms with Gasteiger partial charge in [0.05, 0.1) is 23.1 Å². The number of piperazine rings is 1. The number of aryl methyl sites for hydroxylation is 1. The molecule has 0 saturated carbocycles. The summed E-state index contributed by atoms with van der Waals surface area (Å²) in [4.78, 5) is 9.17. The maximum absolute atomic E-state index is 13.0. The Morgan fingerprint density at radius 3 is 2.48 bits per heavy atom. The minimum Gasteiger partial charge on any atom is -0.327 e. The highest BCUT2D eigenvalue weighted by molar-refractivity contribution is 5.77. The molecule has 7 heteroatoms. The lowest BCUT2D eigenvalue weighted by Gasteiger charge is -2.32. The van der Waals surface area contributed by atoms with Crippen molar-refractivity contribution in [3.8, 4) is 0 Å². The summed E-state index contributed by atoms with van der Waals surface area (Å²) in [6, 6.07) is 3.89. The summed E-state index contributed by atoms with van der Waals surface area (Å²) in [6.07, 6.45) is -2.31. The Bertz CT molecular complexity index is 715. The molecule has 138 valence electrons. The van der Waals surface area contributed by atoms with Crippen LogP contribution in [0.25, 0.3) is 11.0 Å². The highest BCUT2D eigenvalue weighted by Crippen LogP contribution is 2.31. The largest absolute Gasteiger partial charge is 0.416 e. The zero-order chi connectivity index (χ0) is 18.0. The Labute approximate surface area is 146 Å². The van der Waals surface area contributed by atoms with Gasteiger partial charge in [-0.1, -0.05) is 13.3 Å². The number of alkyl halides is 3. The topological polar surface area (TPSA) is 24.3 Å². The molecule has 1 saturated heterocycles. The number of nitrogens with zero attached hydrogens (tertiary/aromatic N) is 4. The number of likely N-dealkylation sites (N-methyl/N-ethyl adjacent to an activating group) is 1. The number of hydrogen-bond acceptors (Lipinski definition) is 3. The van der Waals surface area contributed by atoms with Crippen LogP contribution in [0.3, 0.4) is 0 Å². The summed E-state index contributed by atoms with van der Waals surface area (Å²) in [5, 5.41) is 0. The lowest BCUT2D eigenvalue weighted by molar-refractivity contribution is -0.137. The molecule has 1 aliphatic heterocycles. The van der Waals surface area contributed by atoms with Crippen LogP contribution in [0.2, 0.25) is 0 Å². The smallest absolute Gasteiger partial charge is 0.327 e. The van der Waals surface area contributed by atoms with E-state index < -0.39 is 11.7 Å². The first kappa shape index (κ1) is 18.2. The van der Waals surface area contributed by atoms with Crippen molar-refractivity contribution in [2.45, 2.75) is 39.0 Å². The molecule has 0 unspecified atom stereocenters. The average molecular weight is 354 g/mol. The van der Waals surface area contributed by atoms with E-state index in [-0.39, 0.29) is 0 Å². The molecule has 4 nitrogen and oxygen atoms in total. The van der Waals surface area contributed by atoms with Gasteiger partial charge in [0.1, 0.15) is 5.82 Å². The maximum atomic E-state index is 13.0. The molecule has 1 aliphatic rings. The van der Waals surface area contributed by atoms with Crippen LogP contribution in [0.4, 0.5) is 13.2 Å². The van der Waals surface area contributed by atoms with Crippen LogP contribution in [0, 0.1) is 0 Å². The molecule has 3 rings (SSSR count). The van der Waals surface area contributed by atoms with E-state index in [0.717, 1.165) is 63.0 Å². The zero-order valence-electron chi connectivity index (χ0n) is 14.8. The highest BCUT2D eigenvalue weighted by atomic mass is 19.4. The highest BCUT2D eigenvalue weighted by Gasteiger charge is 2.31. The van der Waals surface area contributed by atoms with E-state index in [1.807, 2.05) is 0 Å². The first-order valence-electron chi connectivity index (χ1n) is 8.85. The van der Waals surface area contributed by atoms with Crippen molar-refractivity contribution in [1.82, 2.24) is 19.4 Å². The van der Waals surface area contributed by atoms with Gasteiger partial charge in [-0.25, -0.2) is 4.98 Å². The first-order chi connectivity index (χ1) is 11.9. The molecule has 0 bridgehead atoms. The van der Waals surface area contributed by atoms with E-state index in [9.17, 15) is 13.2 Å². The molecule has 2 heterocycles. The number of hydrogen-bond donors (Lipinski definition) is 0. The quantitative estimate of drug-likeness (QED) is 0.820. The van der Waals surface area contributed by atoms with Gasteiger partial charge in [0.15, 0.2) is 0 Å². The van der Waals surface area contributed by atoms with E-state index >= 15 is 0 Å². The third-order valence-corrected chi connectivity index (χ3v) is 4.85. The Kier molecular flexibility index (Phi) is 5.34. The monoisotopic (exact) mass is 354 g/mol. The third-order valence-electron chi connectivity index (χ3n) is 4.85. The van der Waals surface area contributed by atoms with E-state index in [1.165, 1.54) is 6.07 Å². The molecule has 1 aromatic heterocycles. The molecule has 0 spiro atoms. The molecule has 0 N–H and O–H groups in total. The van der Waals surface area contributed by atoms with Crippen LogP contribution in [-0.4, -0.2) is 52.6 Å². The minimum absolute atomic E-state index is 0.440. The summed E-state index contributed by atoms with van der Waals surface area (Å²) in [5.41, 5.74) is 0.604. The average Bonchev–Trinajstić information content (AvgIpc) is 2.90. The number of imidazole rings is 1. The molecule has 0 atom stereocenters. The van der Waals surface area contributed by atoms with Crippen LogP contribution in [0.15, 0.2) is 18.2 Å².